The Morgan fingerprint density at radius 1 is 1.16 bits per heavy atom. The molecule has 1 aromatic heterocycles. The van der Waals surface area contributed by atoms with E-state index in [1.54, 1.807) is 4.68 Å². The van der Waals surface area contributed by atoms with E-state index >= 15 is 0 Å². The molecule has 0 aliphatic carbocycles. The quantitative estimate of drug-likeness (QED) is 0.782. The third-order valence-corrected chi connectivity index (χ3v) is 4.34. The van der Waals surface area contributed by atoms with Crippen molar-refractivity contribution in [1.29, 1.82) is 0 Å². The van der Waals surface area contributed by atoms with Crippen molar-refractivity contribution in [3.8, 4) is 5.69 Å². The maximum atomic E-state index is 12.5. The molecule has 1 amide bonds. The summed E-state index contributed by atoms with van der Waals surface area (Å²) in [6.45, 7) is 7.12. The van der Waals surface area contributed by atoms with Gasteiger partial charge in [0.1, 0.15) is 6.10 Å². The van der Waals surface area contributed by atoms with Crippen molar-refractivity contribution in [2.45, 2.75) is 26.4 Å². The van der Waals surface area contributed by atoms with E-state index in [4.69, 9.17) is 4.74 Å². The van der Waals surface area contributed by atoms with Crippen LogP contribution >= 0.6 is 0 Å². The van der Waals surface area contributed by atoms with E-state index in [2.05, 4.69) is 20.4 Å². The molecule has 1 unspecified atom stereocenters. The topological polar surface area (TPSA) is 76.4 Å². The Labute approximate surface area is 147 Å². The van der Waals surface area contributed by atoms with E-state index in [1.807, 2.05) is 49.1 Å². The highest BCUT2D eigenvalue weighted by atomic mass is 16.5. The number of ether oxygens (including phenoxy) is 1. The maximum Gasteiger partial charge on any atom is 0.251 e. The summed E-state index contributed by atoms with van der Waals surface area (Å²) in [6.07, 6.45) is 0.352. The smallest absolute Gasteiger partial charge is 0.251 e. The summed E-state index contributed by atoms with van der Waals surface area (Å²) in [4.78, 5) is 16.5. The van der Waals surface area contributed by atoms with Gasteiger partial charge in [-0.15, -0.1) is 0 Å². The molecule has 2 aromatic rings. The van der Waals surface area contributed by atoms with E-state index < -0.39 is 0 Å². The number of para-hydroxylation sites is 1. The number of carbonyl (C=O) groups excluding carboxylic acids is 1. The maximum absolute atomic E-state index is 12.5. The van der Waals surface area contributed by atoms with Gasteiger partial charge in [-0.2, -0.15) is 4.68 Å². The van der Waals surface area contributed by atoms with E-state index in [-0.39, 0.29) is 12.0 Å². The van der Waals surface area contributed by atoms with E-state index in [0.29, 0.717) is 45.2 Å². The zero-order valence-electron chi connectivity index (χ0n) is 14.7. The Bertz CT molecular complexity index is 681. The first-order valence-electron chi connectivity index (χ1n) is 8.73. The Kier molecular flexibility index (Phi) is 5.60. The van der Waals surface area contributed by atoms with Gasteiger partial charge >= 0.3 is 0 Å². The summed E-state index contributed by atoms with van der Waals surface area (Å²) in [7, 11) is 0. The fourth-order valence-electron chi connectivity index (χ4n) is 3.01. The minimum absolute atomic E-state index is 0.0756. The van der Waals surface area contributed by atoms with Crippen LogP contribution < -0.4 is 4.90 Å². The van der Waals surface area contributed by atoms with Gasteiger partial charge in [-0.1, -0.05) is 30.2 Å². The van der Waals surface area contributed by atoms with Crippen LogP contribution in [0.15, 0.2) is 30.3 Å². The summed E-state index contributed by atoms with van der Waals surface area (Å²) >= 11 is 0. The Morgan fingerprint density at radius 3 is 2.52 bits per heavy atom. The number of amides is 1. The number of piperazine rings is 1. The zero-order valence-corrected chi connectivity index (χ0v) is 14.7. The van der Waals surface area contributed by atoms with Crippen molar-refractivity contribution in [2.24, 2.45) is 0 Å². The standard InChI is InChI=1S/C17H24N6O2/c1-3-15(25-4-2)16(24)21-10-12-22(13-11-21)17-18-19-20-23(17)14-8-6-5-7-9-14/h5-9,15H,3-4,10-13H2,1-2H3. The molecule has 0 N–H and O–H groups in total. The van der Waals surface area contributed by atoms with Crippen LogP contribution in [0.3, 0.4) is 0 Å². The first-order valence-corrected chi connectivity index (χ1v) is 8.73. The predicted molar refractivity (Wildman–Crippen MR) is 93.7 cm³/mol. The van der Waals surface area contributed by atoms with Crippen molar-refractivity contribution >= 4 is 11.9 Å². The summed E-state index contributed by atoms with van der Waals surface area (Å²) in [5.41, 5.74) is 0.920. The van der Waals surface area contributed by atoms with Crippen molar-refractivity contribution in [3.05, 3.63) is 30.3 Å². The molecule has 25 heavy (non-hydrogen) atoms. The first-order chi connectivity index (χ1) is 12.2. The Morgan fingerprint density at radius 2 is 1.88 bits per heavy atom. The normalized spacial score (nSPS) is 16.1. The molecular weight excluding hydrogens is 320 g/mol. The van der Waals surface area contributed by atoms with Gasteiger partial charge in [0.05, 0.1) is 5.69 Å². The number of rotatable bonds is 6. The number of benzene rings is 1. The fraction of sp³-hybridized carbons (Fsp3) is 0.529. The van der Waals surface area contributed by atoms with Crippen LogP contribution in [0.4, 0.5) is 5.95 Å². The molecule has 8 nitrogen and oxygen atoms in total. The number of anilines is 1. The van der Waals surface area contributed by atoms with E-state index in [9.17, 15) is 4.79 Å². The number of nitrogens with zero attached hydrogens (tertiary/aromatic N) is 6. The molecule has 134 valence electrons. The number of hydrogen-bond donors (Lipinski definition) is 0. The highest BCUT2D eigenvalue weighted by Gasteiger charge is 2.28. The average Bonchev–Trinajstić information content (AvgIpc) is 3.16. The number of hydrogen-bond acceptors (Lipinski definition) is 6. The molecular formula is C17H24N6O2. The van der Waals surface area contributed by atoms with Crippen LogP contribution in [-0.2, 0) is 9.53 Å². The summed E-state index contributed by atoms with van der Waals surface area (Å²) in [6, 6.07) is 9.80. The molecule has 2 heterocycles. The van der Waals surface area contributed by atoms with Crippen LogP contribution in [0.25, 0.3) is 5.69 Å². The van der Waals surface area contributed by atoms with Crippen LogP contribution in [0.1, 0.15) is 20.3 Å². The largest absolute Gasteiger partial charge is 0.369 e. The molecule has 1 aromatic carbocycles. The molecule has 3 rings (SSSR count). The summed E-state index contributed by atoms with van der Waals surface area (Å²) in [5.74, 6) is 0.779. The molecule has 0 saturated carbocycles. The predicted octanol–water partition coefficient (Wildman–Crippen LogP) is 1.13. The second-order valence-corrected chi connectivity index (χ2v) is 5.89. The van der Waals surface area contributed by atoms with Crippen molar-refractivity contribution in [2.75, 3.05) is 37.7 Å². The molecule has 1 saturated heterocycles. The van der Waals surface area contributed by atoms with Crippen molar-refractivity contribution in [1.82, 2.24) is 25.1 Å². The lowest BCUT2D eigenvalue weighted by Gasteiger charge is -2.36. The second kappa shape index (κ2) is 8.06. The van der Waals surface area contributed by atoms with Gasteiger partial charge in [0.15, 0.2) is 0 Å². The lowest BCUT2D eigenvalue weighted by Crippen LogP contribution is -2.52. The van der Waals surface area contributed by atoms with Gasteiger partial charge in [0.2, 0.25) is 5.95 Å². The summed E-state index contributed by atoms with van der Waals surface area (Å²) in [5, 5.41) is 12.1. The zero-order chi connectivity index (χ0) is 17.6. The molecule has 0 spiro atoms. The van der Waals surface area contributed by atoms with Gasteiger partial charge in [0, 0.05) is 32.8 Å². The molecule has 1 fully saturated rings. The van der Waals surface area contributed by atoms with Crippen LogP contribution in [0, 0.1) is 0 Å². The van der Waals surface area contributed by atoms with Gasteiger partial charge in [-0.3, -0.25) is 4.79 Å². The monoisotopic (exact) mass is 344 g/mol. The summed E-state index contributed by atoms with van der Waals surface area (Å²) < 4.78 is 7.27. The third-order valence-electron chi connectivity index (χ3n) is 4.34. The minimum atomic E-state index is -0.341. The van der Waals surface area contributed by atoms with Gasteiger partial charge in [0.25, 0.3) is 5.91 Å². The van der Waals surface area contributed by atoms with Crippen LogP contribution in [0.5, 0.6) is 0 Å². The Hall–Kier alpha value is -2.48. The number of aromatic nitrogens is 4. The second-order valence-electron chi connectivity index (χ2n) is 5.89. The molecule has 1 aliphatic heterocycles. The minimum Gasteiger partial charge on any atom is -0.369 e. The molecule has 1 aliphatic rings. The van der Waals surface area contributed by atoms with Gasteiger partial charge in [-0.25, -0.2) is 0 Å². The molecule has 8 heteroatoms. The molecule has 0 bridgehead atoms. The molecule has 0 radical (unpaired) electrons. The average molecular weight is 344 g/mol. The fourth-order valence-corrected chi connectivity index (χ4v) is 3.01. The van der Waals surface area contributed by atoms with Crippen LogP contribution in [-0.4, -0.2) is 69.9 Å². The number of carbonyl (C=O) groups is 1. The highest BCUT2D eigenvalue weighted by Crippen LogP contribution is 2.17. The van der Waals surface area contributed by atoms with Crippen LogP contribution in [0.2, 0.25) is 0 Å². The van der Waals surface area contributed by atoms with Gasteiger partial charge < -0.3 is 14.5 Å². The number of tetrazole rings is 1. The molecule has 1 atom stereocenters. The van der Waals surface area contributed by atoms with Gasteiger partial charge in [-0.05, 0) is 35.9 Å². The SMILES string of the molecule is CCOC(CC)C(=O)N1CCN(c2nnnn2-c2ccccc2)CC1. The van der Waals surface area contributed by atoms with Crippen molar-refractivity contribution in [3.63, 3.8) is 0 Å². The first kappa shape index (κ1) is 17.3. The lowest BCUT2D eigenvalue weighted by atomic mass is 10.2. The van der Waals surface area contributed by atoms with E-state index in [0.717, 1.165) is 5.69 Å². The lowest BCUT2D eigenvalue weighted by molar-refractivity contribution is -0.144. The third kappa shape index (κ3) is 3.79. The van der Waals surface area contributed by atoms with E-state index in [1.165, 1.54) is 0 Å². The van der Waals surface area contributed by atoms with Crippen molar-refractivity contribution < 1.29 is 9.53 Å². The Balaban J connectivity index is 1.66. The highest BCUT2D eigenvalue weighted by molar-refractivity contribution is 5.81.